The van der Waals surface area contributed by atoms with E-state index in [9.17, 15) is 4.79 Å². The van der Waals surface area contributed by atoms with Gasteiger partial charge in [-0.05, 0) is 18.6 Å². The number of hydrogen-bond donors (Lipinski definition) is 2. The van der Waals surface area contributed by atoms with Crippen molar-refractivity contribution < 1.29 is 9.53 Å². The first-order valence-electron chi connectivity index (χ1n) is 8.84. The molecule has 1 aliphatic heterocycles. The average molecular weight is 433 g/mol. The van der Waals surface area contributed by atoms with Crippen LogP contribution in [0.3, 0.4) is 0 Å². The number of carbonyl (C=O) groups excluding carboxylic acids is 1. The van der Waals surface area contributed by atoms with Gasteiger partial charge in [-0.3, -0.25) is 4.79 Å². The molecule has 0 bridgehead atoms. The molecule has 0 unspecified atom stereocenters. The Morgan fingerprint density at radius 1 is 1.12 bits per heavy atom. The van der Waals surface area contributed by atoms with Gasteiger partial charge in [0.1, 0.15) is 6.17 Å². The van der Waals surface area contributed by atoms with Crippen LogP contribution in [0.1, 0.15) is 51.9 Å². The van der Waals surface area contributed by atoms with E-state index in [1.54, 1.807) is 0 Å². The van der Waals surface area contributed by atoms with Crippen molar-refractivity contribution in [2.75, 3.05) is 26.3 Å². The molecule has 1 aliphatic rings. The lowest BCUT2D eigenvalue weighted by atomic mass is 10.1. The molecule has 0 aromatic heterocycles. The largest absolute Gasteiger partial charge is 0.378 e. The van der Waals surface area contributed by atoms with Crippen LogP contribution >= 0.6 is 47.0 Å². The number of unbranched alkanes of at least 4 members (excludes halogenated alkanes) is 5. The molecule has 9 heteroatoms. The predicted molar refractivity (Wildman–Crippen MR) is 108 cm³/mol. The van der Waals surface area contributed by atoms with Gasteiger partial charge in [-0.1, -0.05) is 73.8 Å². The van der Waals surface area contributed by atoms with Crippen LogP contribution in [0.15, 0.2) is 0 Å². The topological polar surface area (TPSA) is 53.6 Å². The van der Waals surface area contributed by atoms with Crippen LogP contribution in [-0.4, -0.2) is 52.2 Å². The number of amides is 1. The standard InChI is InChI=1S/C16H28Cl3N3O2S/c1-2-3-4-5-6-7-8-13(23)20-14(16(17,18)19)21-15(25)22-9-11-24-12-10-22/h14H,2-12H2,1H3,(H,20,23)(H,21,25)/t14-/m0/s1. The molecule has 1 rings (SSSR count). The maximum absolute atomic E-state index is 12.1. The van der Waals surface area contributed by atoms with E-state index in [2.05, 4.69) is 17.6 Å². The van der Waals surface area contributed by atoms with Crippen LogP contribution in [0.25, 0.3) is 0 Å². The Bertz CT molecular complexity index is 416. The normalized spacial score (nSPS) is 16.4. The number of halogens is 3. The molecule has 146 valence electrons. The molecule has 0 radical (unpaired) electrons. The summed E-state index contributed by atoms with van der Waals surface area (Å²) in [5.74, 6) is -0.149. The van der Waals surface area contributed by atoms with Crippen molar-refractivity contribution in [1.82, 2.24) is 15.5 Å². The molecular formula is C16H28Cl3N3O2S. The molecule has 1 amide bonds. The summed E-state index contributed by atoms with van der Waals surface area (Å²) in [4.78, 5) is 14.1. The Morgan fingerprint density at radius 3 is 2.32 bits per heavy atom. The molecule has 2 N–H and O–H groups in total. The molecule has 0 aromatic carbocycles. The van der Waals surface area contributed by atoms with E-state index in [1.165, 1.54) is 19.3 Å². The first kappa shape index (κ1) is 23.0. The van der Waals surface area contributed by atoms with Crippen molar-refractivity contribution in [2.24, 2.45) is 0 Å². The highest BCUT2D eigenvalue weighted by molar-refractivity contribution is 7.80. The molecule has 0 spiro atoms. The third-order valence-corrected chi connectivity index (χ3v) is 4.99. The highest BCUT2D eigenvalue weighted by Gasteiger charge is 2.35. The van der Waals surface area contributed by atoms with E-state index >= 15 is 0 Å². The molecule has 0 saturated carbocycles. The summed E-state index contributed by atoms with van der Waals surface area (Å²) in [5, 5.41) is 6.13. The zero-order chi connectivity index (χ0) is 18.7. The molecule has 5 nitrogen and oxygen atoms in total. The summed E-state index contributed by atoms with van der Waals surface area (Å²) in [5.41, 5.74) is 0. The molecule has 1 atom stereocenters. The van der Waals surface area contributed by atoms with Gasteiger partial charge in [-0.15, -0.1) is 0 Å². The Labute approximate surface area is 171 Å². The highest BCUT2D eigenvalue weighted by atomic mass is 35.6. The van der Waals surface area contributed by atoms with Gasteiger partial charge in [-0.25, -0.2) is 0 Å². The van der Waals surface area contributed by atoms with Gasteiger partial charge in [0.25, 0.3) is 0 Å². The average Bonchev–Trinajstić information content (AvgIpc) is 2.57. The van der Waals surface area contributed by atoms with Crippen molar-refractivity contribution in [3.8, 4) is 0 Å². The number of nitrogens with one attached hydrogen (secondary N) is 2. The summed E-state index contributed by atoms with van der Waals surface area (Å²) in [6.45, 7) is 4.72. The maximum Gasteiger partial charge on any atom is 0.228 e. The van der Waals surface area contributed by atoms with Crippen LogP contribution in [0.4, 0.5) is 0 Å². The number of morpholine rings is 1. The molecule has 1 fully saturated rings. The second-order valence-corrected chi connectivity index (χ2v) is 8.86. The van der Waals surface area contributed by atoms with Crippen LogP contribution in [0.2, 0.25) is 0 Å². The zero-order valence-electron chi connectivity index (χ0n) is 14.7. The second kappa shape index (κ2) is 12.4. The SMILES string of the molecule is CCCCCCCCC(=O)N[C@@H](NC(=S)N1CCOCC1)C(Cl)(Cl)Cl. The van der Waals surface area contributed by atoms with Gasteiger partial charge in [0.05, 0.1) is 13.2 Å². The number of hydrogen-bond acceptors (Lipinski definition) is 3. The summed E-state index contributed by atoms with van der Waals surface area (Å²) in [6.07, 6.45) is 6.21. The zero-order valence-corrected chi connectivity index (χ0v) is 17.7. The molecule has 1 saturated heterocycles. The monoisotopic (exact) mass is 431 g/mol. The summed E-state index contributed by atoms with van der Waals surface area (Å²) < 4.78 is 3.59. The fraction of sp³-hybridized carbons (Fsp3) is 0.875. The lowest BCUT2D eigenvalue weighted by Gasteiger charge is -2.34. The van der Waals surface area contributed by atoms with E-state index in [-0.39, 0.29) is 5.91 Å². The first-order valence-corrected chi connectivity index (χ1v) is 10.4. The second-order valence-electron chi connectivity index (χ2n) is 6.11. The van der Waals surface area contributed by atoms with Gasteiger partial charge in [0.2, 0.25) is 9.70 Å². The molecule has 1 heterocycles. The van der Waals surface area contributed by atoms with Gasteiger partial charge >= 0.3 is 0 Å². The molecule has 0 aliphatic carbocycles. The minimum atomic E-state index is -1.70. The fourth-order valence-electron chi connectivity index (χ4n) is 2.48. The highest BCUT2D eigenvalue weighted by Crippen LogP contribution is 2.29. The maximum atomic E-state index is 12.1. The summed E-state index contributed by atoms with van der Waals surface area (Å²) in [6, 6.07) is 0. The first-order chi connectivity index (χ1) is 11.8. The number of alkyl halides is 3. The van der Waals surface area contributed by atoms with E-state index in [0.717, 1.165) is 19.3 Å². The van der Waals surface area contributed by atoms with Crippen molar-refractivity contribution >= 4 is 58.0 Å². The van der Waals surface area contributed by atoms with Gasteiger partial charge in [-0.2, -0.15) is 0 Å². The van der Waals surface area contributed by atoms with Gasteiger partial charge < -0.3 is 20.3 Å². The molecule has 0 aromatic rings. The number of nitrogens with zero attached hydrogens (tertiary/aromatic N) is 1. The number of thiocarbonyl (C=S) groups is 1. The fourth-order valence-corrected chi connectivity index (χ4v) is 3.11. The Balaban J connectivity index is 2.39. The summed E-state index contributed by atoms with van der Waals surface area (Å²) in [7, 11) is 0. The van der Waals surface area contributed by atoms with Crippen LogP contribution in [0.5, 0.6) is 0 Å². The van der Waals surface area contributed by atoms with Gasteiger partial charge in [0.15, 0.2) is 5.11 Å². The Kier molecular flexibility index (Phi) is 11.4. The van der Waals surface area contributed by atoms with Crippen LogP contribution in [0, 0.1) is 0 Å². The summed E-state index contributed by atoms with van der Waals surface area (Å²) >= 11 is 23.3. The molecular weight excluding hydrogens is 405 g/mol. The van der Waals surface area contributed by atoms with Crippen molar-refractivity contribution in [1.29, 1.82) is 0 Å². The lowest BCUT2D eigenvalue weighted by molar-refractivity contribution is -0.122. The minimum Gasteiger partial charge on any atom is -0.378 e. The van der Waals surface area contributed by atoms with E-state index in [0.29, 0.717) is 37.8 Å². The Morgan fingerprint density at radius 2 is 1.72 bits per heavy atom. The number of rotatable bonds is 9. The lowest BCUT2D eigenvalue weighted by Crippen LogP contribution is -2.59. The van der Waals surface area contributed by atoms with Gasteiger partial charge in [0, 0.05) is 19.5 Å². The third-order valence-electron chi connectivity index (χ3n) is 3.96. The van der Waals surface area contributed by atoms with E-state index in [1.807, 2.05) is 4.90 Å². The van der Waals surface area contributed by atoms with Crippen molar-refractivity contribution in [3.63, 3.8) is 0 Å². The Hall–Kier alpha value is -0.0100. The number of carbonyl (C=O) groups is 1. The smallest absolute Gasteiger partial charge is 0.228 e. The predicted octanol–water partition coefficient (Wildman–Crippen LogP) is 3.76. The van der Waals surface area contributed by atoms with E-state index < -0.39 is 9.96 Å². The number of ether oxygens (including phenoxy) is 1. The third kappa shape index (κ3) is 10.0. The van der Waals surface area contributed by atoms with Crippen LogP contribution in [-0.2, 0) is 9.53 Å². The minimum absolute atomic E-state index is 0.149. The molecule has 25 heavy (non-hydrogen) atoms. The van der Waals surface area contributed by atoms with Crippen LogP contribution < -0.4 is 10.6 Å². The van der Waals surface area contributed by atoms with Crippen molar-refractivity contribution in [3.05, 3.63) is 0 Å². The quantitative estimate of drug-likeness (QED) is 0.251. The van der Waals surface area contributed by atoms with Crippen molar-refractivity contribution in [2.45, 2.75) is 61.8 Å². The van der Waals surface area contributed by atoms with E-state index in [4.69, 9.17) is 51.8 Å².